The number of hydrogen-bond acceptors (Lipinski definition) is 1. The molecule has 1 aromatic carbocycles. The molecule has 0 aliphatic rings. The lowest BCUT2D eigenvalue weighted by molar-refractivity contribution is -0.138. The van der Waals surface area contributed by atoms with Gasteiger partial charge in [-0.2, -0.15) is 0 Å². The largest absolute Gasteiger partial charge is 0.481 e. The maximum absolute atomic E-state index is 10.9. The Bertz CT molecular complexity index is 559. The van der Waals surface area contributed by atoms with E-state index in [1.807, 2.05) is 29.9 Å². The molecular weight excluding hydrogens is 226 g/mol. The fourth-order valence-corrected chi connectivity index (χ4v) is 2.17. The number of nitrogens with zero attached hydrogens (tertiary/aromatic N) is 1. The minimum Gasteiger partial charge on any atom is -0.481 e. The van der Waals surface area contributed by atoms with Crippen LogP contribution in [-0.2, 0) is 11.8 Å². The predicted molar refractivity (Wildman–Crippen MR) is 64.0 cm³/mol. The van der Waals surface area contributed by atoms with Crippen molar-refractivity contribution in [1.29, 1.82) is 0 Å². The summed E-state index contributed by atoms with van der Waals surface area (Å²) in [5.74, 6) is -1.38. The maximum atomic E-state index is 10.9. The van der Waals surface area contributed by atoms with Crippen molar-refractivity contribution in [2.75, 3.05) is 0 Å². The number of hydrogen-bond donors (Lipinski definition) is 1. The van der Waals surface area contributed by atoms with Crippen molar-refractivity contribution in [3.05, 3.63) is 35.0 Å². The van der Waals surface area contributed by atoms with Gasteiger partial charge in [-0.15, -0.1) is 0 Å². The highest BCUT2D eigenvalue weighted by Crippen LogP contribution is 2.29. The van der Waals surface area contributed by atoms with Gasteiger partial charge in [0.15, 0.2) is 0 Å². The highest BCUT2D eigenvalue weighted by Gasteiger charge is 2.16. The number of aryl methyl sites for hydroxylation is 1. The molecule has 0 bridgehead atoms. The predicted octanol–water partition coefficient (Wildman–Crippen LogP) is 3.02. The number of carboxylic acid groups (broad SMARTS) is 1. The zero-order valence-corrected chi connectivity index (χ0v) is 9.82. The molecular formula is C12H12ClNO2. The number of carboxylic acids is 1. The van der Waals surface area contributed by atoms with Gasteiger partial charge in [0.05, 0.1) is 16.5 Å². The Morgan fingerprint density at radius 2 is 2.19 bits per heavy atom. The molecule has 2 aromatic rings. The van der Waals surface area contributed by atoms with Gasteiger partial charge in [-0.05, 0) is 30.7 Å². The fourth-order valence-electron chi connectivity index (χ4n) is 1.80. The third-order valence-electron chi connectivity index (χ3n) is 2.82. The van der Waals surface area contributed by atoms with Gasteiger partial charge >= 0.3 is 5.97 Å². The quantitative estimate of drug-likeness (QED) is 0.873. The van der Waals surface area contributed by atoms with Crippen molar-refractivity contribution >= 4 is 28.5 Å². The molecule has 2 rings (SSSR count). The highest BCUT2D eigenvalue weighted by molar-refractivity contribution is 6.35. The summed E-state index contributed by atoms with van der Waals surface area (Å²) >= 11 is 6.14. The summed E-state index contributed by atoms with van der Waals surface area (Å²) in [6.07, 6.45) is 1.91. The van der Waals surface area contributed by atoms with Crippen LogP contribution in [0.4, 0.5) is 0 Å². The number of rotatable bonds is 2. The van der Waals surface area contributed by atoms with Crippen molar-refractivity contribution in [1.82, 2.24) is 4.57 Å². The summed E-state index contributed by atoms with van der Waals surface area (Å²) in [7, 11) is 1.91. The monoisotopic (exact) mass is 237 g/mol. The Hall–Kier alpha value is -1.48. The van der Waals surface area contributed by atoms with Crippen LogP contribution in [0.3, 0.4) is 0 Å². The summed E-state index contributed by atoms with van der Waals surface area (Å²) in [4.78, 5) is 10.9. The number of aromatic nitrogens is 1. The average Bonchev–Trinajstić information content (AvgIpc) is 2.59. The number of benzene rings is 1. The minimum atomic E-state index is -0.841. The van der Waals surface area contributed by atoms with Gasteiger partial charge in [-0.3, -0.25) is 4.79 Å². The molecule has 0 aliphatic heterocycles. The zero-order chi connectivity index (χ0) is 11.9. The lowest BCUT2D eigenvalue weighted by atomic mass is 10.00. The molecule has 1 N–H and O–H groups in total. The van der Waals surface area contributed by atoms with Gasteiger partial charge < -0.3 is 9.67 Å². The van der Waals surface area contributed by atoms with E-state index in [1.165, 1.54) is 0 Å². The summed E-state index contributed by atoms with van der Waals surface area (Å²) in [5.41, 5.74) is 1.67. The van der Waals surface area contributed by atoms with Crippen molar-refractivity contribution in [3.8, 4) is 0 Å². The third-order valence-corrected chi connectivity index (χ3v) is 3.10. The molecule has 1 heterocycles. The molecule has 1 atom stereocenters. The smallest absolute Gasteiger partial charge is 0.310 e. The van der Waals surface area contributed by atoms with Crippen LogP contribution in [0.25, 0.3) is 10.9 Å². The molecule has 0 fully saturated rings. The summed E-state index contributed by atoms with van der Waals surface area (Å²) in [6.45, 7) is 1.66. The number of aliphatic carboxylic acids is 1. The van der Waals surface area contributed by atoms with E-state index in [1.54, 1.807) is 13.0 Å². The fraction of sp³-hybridized carbons (Fsp3) is 0.250. The molecule has 1 aromatic heterocycles. The maximum Gasteiger partial charge on any atom is 0.310 e. The van der Waals surface area contributed by atoms with Crippen molar-refractivity contribution in [2.45, 2.75) is 12.8 Å². The SMILES string of the molecule is CC(C(=O)O)c1cc(Cl)c2c(ccn2C)c1. The van der Waals surface area contributed by atoms with Crippen LogP contribution in [-0.4, -0.2) is 15.6 Å². The van der Waals surface area contributed by atoms with Gasteiger partial charge in [0.2, 0.25) is 0 Å². The summed E-state index contributed by atoms with van der Waals surface area (Å²) in [5, 5.41) is 10.5. The van der Waals surface area contributed by atoms with E-state index in [0.717, 1.165) is 16.5 Å². The second kappa shape index (κ2) is 3.83. The molecule has 16 heavy (non-hydrogen) atoms. The first-order valence-corrected chi connectivity index (χ1v) is 5.36. The van der Waals surface area contributed by atoms with Gasteiger partial charge in [-0.25, -0.2) is 0 Å². The number of carbonyl (C=O) groups is 1. The second-order valence-electron chi connectivity index (χ2n) is 3.93. The van der Waals surface area contributed by atoms with Crippen LogP contribution >= 0.6 is 11.6 Å². The highest BCUT2D eigenvalue weighted by atomic mass is 35.5. The molecule has 84 valence electrons. The molecule has 3 nitrogen and oxygen atoms in total. The molecule has 0 amide bonds. The van der Waals surface area contributed by atoms with E-state index in [9.17, 15) is 4.79 Å². The molecule has 4 heteroatoms. The van der Waals surface area contributed by atoms with Gasteiger partial charge in [0.25, 0.3) is 0 Å². The van der Waals surface area contributed by atoms with E-state index < -0.39 is 11.9 Å². The lowest BCUT2D eigenvalue weighted by Gasteiger charge is -2.08. The second-order valence-corrected chi connectivity index (χ2v) is 4.33. The third kappa shape index (κ3) is 1.67. The van der Waals surface area contributed by atoms with Crippen LogP contribution in [0.15, 0.2) is 24.4 Å². The number of halogens is 1. The van der Waals surface area contributed by atoms with Crippen LogP contribution in [0.1, 0.15) is 18.4 Å². The zero-order valence-electron chi connectivity index (χ0n) is 9.07. The van der Waals surface area contributed by atoms with E-state index in [4.69, 9.17) is 16.7 Å². The first-order valence-electron chi connectivity index (χ1n) is 4.98. The molecule has 0 aliphatic carbocycles. The van der Waals surface area contributed by atoms with E-state index in [-0.39, 0.29) is 0 Å². The van der Waals surface area contributed by atoms with E-state index in [2.05, 4.69) is 0 Å². The van der Waals surface area contributed by atoms with Gasteiger partial charge in [0.1, 0.15) is 0 Å². The van der Waals surface area contributed by atoms with Crippen LogP contribution in [0.5, 0.6) is 0 Å². The first kappa shape index (κ1) is 11.0. The number of fused-ring (bicyclic) bond motifs is 1. The Labute approximate surface area is 98.3 Å². The average molecular weight is 238 g/mol. The lowest BCUT2D eigenvalue weighted by Crippen LogP contribution is -2.07. The molecule has 0 radical (unpaired) electrons. The van der Waals surface area contributed by atoms with Gasteiger partial charge in [0, 0.05) is 18.6 Å². The Morgan fingerprint density at radius 3 is 2.81 bits per heavy atom. The molecule has 0 spiro atoms. The standard InChI is InChI=1S/C12H12ClNO2/c1-7(12(15)16)9-5-8-3-4-14(2)11(8)10(13)6-9/h3-7H,1-2H3,(H,15,16). The molecule has 1 unspecified atom stereocenters. The van der Waals surface area contributed by atoms with E-state index >= 15 is 0 Å². The van der Waals surface area contributed by atoms with Crippen molar-refractivity contribution in [3.63, 3.8) is 0 Å². The Kier molecular flexibility index (Phi) is 2.64. The summed E-state index contributed by atoms with van der Waals surface area (Å²) < 4.78 is 1.92. The normalized spacial score (nSPS) is 12.9. The van der Waals surface area contributed by atoms with Crippen molar-refractivity contribution < 1.29 is 9.90 Å². The topological polar surface area (TPSA) is 42.2 Å². The van der Waals surface area contributed by atoms with E-state index in [0.29, 0.717) is 5.02 Å². The minimum absolute atomic E-state index is 0.540. The van der Waals surface area contributed by atoms with Crippen molar-refractivity contribution in [2.24, 2.45) is 7.05 Å². The first-order chi connectivity index (χ1) is 7.50. The summed E-state index contributed by atoms with van der Waals surface area (Å²) in [6, 6.07) is 5.53. The van der Waals surface area contributed by atoms with Crippen LogP contribution in [0.2, 0.25) is 5.02 Å². The Morgan fingerprint density at radius 1 is 1.50 bits per heavy atom. The Balaban J connectivity index is 2.63. The molecule has 0 saturated heterocycles. The van der Waals surface area contributed by atoms with Crippen LogP contribution in [0, 0.1) is 0 Å². The van der Waals surface area contributed by atoms with Crippen LogP contribution < -0.4 is 0 Å². The molecule has 0 saturated carbocycles. The van der Waals surface area contributed by atoms with Gasteiger partial charge in [-0.1, -0.05) is 11.6 Å².